The highest BCUT2D eigenvalue weighted by Crippen LogP contribution is 2.28. The van der Waals surface area contributed by atoms with Crippen molar-refractivity contribution in [1.82, 2.24) is 14.8 Å². The first-order chi connectivity index (χ1) is 11.2. The number of para-hydroxylation sites is 1. The molecule has 0 radical (unpaired) electrons. The third kappa shape index (κ3) is 3.42. The fourth-order valence-electron chi connectivity index (χ4n) is 2.91. The Balaban J connectivity index is 1.67. The molecule has 122 valence electrons. The third-order valence-electron chi connectivity index (χ3n) is 4.13. The van der Waals surface area contributed by atoms with Crippen LogP contribution in [0, 0.1) is 0 Å². The largest absolute Gasteiger partial charge is 0.311 e. The molecule has 0 aliphatic carbocycles. The van der Waals surface area contributed by atoms with Gasteiger partial charge >= 0.3 is 0 Å². The Hall–Kier alpha value is -1.82. The zero-order chi connectivity index (χ0) is 16.2. The summed E-state index contributed by atoms with van der Waals surface area (Å²) >= 11 is 1.47. The molecule has 23 heavy (non-hydrogen) atoms. The Morgan fingerprint density at radius 3 is 2.96 bits per heavy atom. The van der Waals surface area contributed by atoms with Gasteiger partial charge in [-0.15, -0.1) is 10.2 Å². The van der Waals surface area contributed by atoms with Crippen LogP contribution in [0.1, 0.15) is 31.2 Å². The SMILES string of the molecule is CCCc1nnc(SCC(=O)N2CCCc3ccccc32)n1C. The average Bonchev–Trinajstić information content (AvgIpc) is 2.93. The van der Waals surface area contributed by atoms with Gasteiger partial charge in [-0.3, -0.25) is 4.79 Å². The molecule has 0 N–H and O–H groups in total. The maximum absolute atomic E-state index is 12.6. The molecule has 1 aromatic carbocycles. The first kappa shape index (κ1) is 16.1. The summed E-state index contributed by atoms with van der Waals surface area (Å²) in [6, 6.07) is 8.19. The van der Waals surface area contributed by atoms with E-state index in [0.717, 1.165) is 48.9 Å². The lowest BCUT2D eigenvalue weighted by molar-refractivity contribution is -0.116. The molecule has 0 saturated carbocycles. The lowest BCUT2D eigenvalue weighted by Crippen LogP contribution is -2.36. The highest BCUT2D eigenvalue weighted by Gasteiger charge is 2.22. The lowest BCUT2D eigenvalue weighted by atomic mass is 10.0. The number of hydrogen-bond acceptors (Lipinski definition) is 4. The maximum Gasteiger partial charge on any atom is 0.237 e. The molecule has 0 atom stereocenters. The summed E-state index contributed by atoms with van der Waals surface area (Å²) in [5.74, 6) is 1.51. The standard InChI is InChI=1S/C17H22N4OS/c1-3-7-15-18-19-17(20(15)2)23-12-16(22)21-11-6-9-13-8-4-5-10-14(13)21/h4-5,8,10H,3,6-7,9,11-12H2,1-2H3. The second-order valence-electron chi connectivity index (χ2n) is 5.77. The molecule has 0 saturated heterocycles. The van der Waals surface area contributed by atoms with Gasteiger partial charge in [-0.05, 0) is 30.9 Å². The van der Waals surface area contributed by atoms with E-state index in [1.165, 1.54) is 17.3 Å². The number of anilines is 1. The molecule has 0 unspecified atom stereocenters. The molecule has 6 heteroatoms. The summed E-state index contributed by atoms with van der Waals surface area (Å²) in [7, 11) is 1.97. The fraction of sp³-hybridized carbons (Fsp3) is 0.471. The minimum atomic E-state index is 0.141. The van der Waals surface area contributed by atoms with Gasteiger partial charge in [0.2, 0.25) is 5.91 Å². The molecule has 2 heterocycles. The van der Waals surface area contributed by atoms with Gasteiger partial charge < -0.3 is 9.47 Å². The van der Waals surface area contributed by atoms with Crippen LogP contribution >= 0.6 is 11.8 Å². The number of rotatable bonds is 5. The van der Waals surface area contributed by atoms with Crippen LogP contribution in [0.4, 0.5) is 5.69 Å². The van der Waals surface area contributed by atoms with Gasteiger partial charge in [0, 0.05) is 25.7 Å². The monoisotopic (exact) mass is 330 g/mol. The van der Waals surface area contributed by atoms with Crippen LogP contribution in [0.15, 0.2) is 29.4 Å². The molecule has 5 nitrogen and oxygen atoms in total. The summed E-state index contributed by atoms with van der Waals surface area (Å²) < 4.78 is 1.99. The van der Waals surface area contributed by atoms with Crippen molar-refractivity contribution in [3.05, 3.63) is 35.7 Å². The van der Waals surface area contributed by atoms with Crippen molar-refractivity contribution in [2.45, 2.75) is 37.8 Å². The molecule has 1 aromatic heterocycles. The summed E-state index contributed by atoms with van der Waals surface area (Å²) in [4.78, 5) is 14.5. The minimum absolute atomic E-state index is 0.141. The first-order valence-corrected chi connectivity index (χ1v) is 9.08. The Bertz CT molecular complexity index is 698. The van der Waals surface area contributed by atoms with Crippen LogP contribution in [0.25, 0.3) is 0 Å². The van der Waals surface area contributed by atoms with Crippen LogP contribution < -0.4 is 4.90 Å². The molecule has 1 amide bonds. The van der Waals surface area contributed by atoms with Crippen LogP contribution in [0.5, 0.6) is 0 Å². The van der Waals surface area contributed by atoms with E-state index in [9.17, 15) is 4.79 Å². The van der Waals surface area contributed by atoms with Crippen molar-refractivity contribution in [1.29, 1.82) is 0 Å². The van der Waals surface area contributed by atoms with E-state index >= 15 is 0 Å². The first-order valence-electron chi connectivity index (χ1n) is 8.10. The van der Waals surface area contributed by atoms with Gasteiger partial charge in [-0.1, -0.05) is 36.9 Å². The smallest absolute Gasteiger partial charge is 0.237 e. The van der Waals surface area contributed by atoms with E-state index in [2.05, 4.69) is 23.2 Å². The Kier molecular flexibility index (Phi) is 5.00. The highest BCUT2D eigenvalue weighted by atomic mass is 32.2. The number of thioether (sulfide) groups is 1. The Morgan fingerprint density at radius 1 is 1.30 bits per heavy atom. The number of carbonyl (C=O) groups excluding carboxylic acids is 1. The number of aryl methyl sites for hydroxylation is 2. The summed E-state index contributed by atoms with van der Waals surface area (Å²) in [5, 5.41) is 9.21. The molecule has 0 fully saturated rings. The number of hydrogen-bond donors (Lipinski definition) is 0. The number of aromatic nitrogens is 3. The number of nitrogens with zero attached hydrogens (tertiary/aromatic N) is 4. The van der Waals surface area contributed by atoms with Crippen molar-refractivity contribution < 1.29 is 4.79 Å². The molecule has 3 rings (SSSR count). The summed E-state index contributed by atoms with van der Waals surface area (Å²) in [6.45, 7) is 2.93. The van der Waals surface area contributed by atoms with E-state index in [4.69, 9.17) is 0 Å². The average molecular weight is 330 g/mol. The molecule has 0 spiro atoms. The van der Waals surface area contributed by atoms with Crippen LogP contribution in [-0.4, -0.2) is 33.0 Å². The van der Waals surface area contributed by atoms with Gasteiger partial charge in [0.25, 0.3) is 0 Å². The zero-order valence-corrected chi connectivity index (χ0v) is 14.5. The molecule has 1 aliphatic heterocycles. The number of amides is 1. The Labute approximate surface area is 141 Å². The normalized spacial score (nSPS) is 13.9. The summed E-state index contributed by atoms with van der Waals surface area (Å²) in [5.41, 5.74) is 2.33. The zero-order valence-electron chi connectivity index (χ0n) is 13.7. The molecule has 0 bridgehead atoms. The predicted molar refractivity (Wildman–Crippen MR) is 92.8 cm³/mol. The minimum Gasteiger partial charge on any atom is -0.311 e. The van der Waals surface area contributed by atoms with Gasteiger partial charge in [0.05, 0.1) is 5.75 Å². The second kappa shape index (κ2) is 7.17. The maximum atomic E-state index is 12.6. The van der Waals surface area contributed by atoms with E-state index in [1.54, 1.807) is 0 Å². The van der Waals surface area contributed by atoms with Crippen LogP contribution in [0.3, 0.4) is 0 Å². The number of carbonyl (C=O) groups is 1. The summed E-state index contributed by atoms with van der Waals surface area (Å²) in [6.07, 6.45) is 4.03. The van der Waals surface area contributed by atoms with Crippen LogP contribution in [0.2, 0.25) is 0 Å². The van der Waals surface area contributed by atoms with Crippen molar-refractivity contribution in [2.24, 2.45) is 7.05 Å². The van der Waals surface area contributed by atoms with E-state index in [0.29, 0.717) is 5.75 Å². The van der Waals surface area contributed by atoms with Gasteiger partial charge in [0.1, 0.15) is 5.82 Å². The fourth-order valence-corrected chi connectivity index (χ4v) is 3.71. The van der Waals surface area contributed by atoms with Gasteiger partial charge in [-0.2, -0.15) is 0 Å². The second-order valence-corrected chi connectivity index (χ2v) is 6.72. The van der Waals surface area contributed by atoms with Crippen molar-refractivity contribution in [2.75, 3.05) is 17.2 Å². The number of fused-ring (bicyclic) bond motifs is 1. The van der Waals surface area contributed by atoms with Gasteiger partial charge in [-0.25, -0.2) is 0 Å². The van der Waals surface area contributed by atoms with Crippen LogP contribution in [-0.2, 0) is 24.7 Å². The van der Waals surface area contributed by atoms with E-state index in [1.807, 2.05) is 34.7 Å². The lowest BCUT2D eigenvalue weighted by Gasteiger charge is -2.29. The quantitative estimate of drug-likeness (QED) is 0.791. The Morgan fingerprint density at radius 2 is 2.13 bits per heavy atom. The highest BCUT2D eigenvalue weighted by molar-refractivity contribution is 7.99. The molecule has 1 aliphatic rings. The molecule has 2 aromatic rings. The molecular weight excluding hydrogens is 308 g/mol. The van der Waals surface area contributed by atoms with Crippen molar-refractivity contribution in [3.63, 3.8) is 0 Å². The van der Waals surface area contributed by atoms with E-state index < -0.39 is 0 Å². The number of benzene rings is 1. The molecular formula is C17H22N4OS. The predicted octanol–water partition coefficient (Wildman–Crippen LogP) is 2.84. The van der Waals surface area contributed by atoms with Crippen molar-refractivity contribution in [3.8, 4) is 0 Å². The topological polar surface area (TPSA) is 51.0 Å². The third-order valence-corrected chi connectivity index (χ3v) is 5.14. The van der Waals surface area contributed by atoms with E-state index in [-0.39, 0.29) is 5.91 Å². The van der Waals surface area contributed by atoms with Crippen molar-refractivity contribution >= 4 is 23.4 Å². The van der Waals surface area contributed by atoms with Gasteiger partial charge in [0.15, 0.2) is 5.16 Å².